The highest BCUT2D eigenvalue weighted by Gasteiger charge is 2.35. The molecule has 1 atom stereocenters. The van der Waals surface area contributed by atoms with Crippen molar-refractivity contribution in [3.63, 3.8) is 0 Å². The fourth-order valence-electron chi connectivity index (χ4n) is 2.44. The zero-order chi connectivity index (χ0) is 13.3. The Labute approximate surface area is 106 Å². The second-order valence-corrected chi connectivity index (χ2v) is 4.89. The quantitative estimate of drug-likeness (QED) is 0.889. The summed E-state index contributed by atoms with van der Waals surface area (Å²) in [5.41, 5.74) is 0.568. The van der Waals surface area contributed by atoms with Crippen LogP contribution >= 0.6 is 0 Å². The average molecular weight is 250 g/mol. The van der Waals surface area contributed by atoms with E-state index >= 15 is 0 Å². The summed E-state index contributed by atoms with van der Waals surface area (Å²) in [4.78, 5) is 25.0. The molecule has 1 amide bonds. The molecule has 98 valence electrons. The third-order valence-electron chi connectivity index (χ3n) is 3.35. The zero-order valence-corrected chi connectivity index (χ0v) is 10.7. The van der Waals surface area contributed by atoms with E-state index in [4.69, 9.17) is 5.11 Å². The first-order valence-corrected chi connectivity index (χ1v) is 6.23. The Hall–Kier alpha value is -1.78. The van der Waals surface area contributed by atoms with E-state index in [-0.39, 0.29) is 11.9 Å². The Morgan fingerprint density at radius 2 is 2.17 bits per heavy atom. The van der Waals surface area contributed by atoms with Gasteiger partial charge >= 0.3 is 5.97 Å². The number of hydrogen-bond acceptors (Lipinski definition) is 2. The van der Waals surface area contributed by atoms with E-state index in [9.17, 15) is 9.59 Å². The number of amides is 1. The lowest BCUT2D eigenvalue weighted by molar-refractivity contribution is -0.141. The predicted molar refractivity (Wildman–Crippen MR) is 66.5 cm³/mol. The van der Waals surface area contributed by atoms with Crippen LogP contribution in [0.3, 0.4) is 0 Å². The van der Waals surface area contributed by atoms with Gasteiger partial charge in [0.2, 0.25) is 0 Å². The molecule has 1 unspecified atom stereocenters. The van der Waals surface area contributed by atoms with Gasteiger partial charge in [0.05, 0.1) is 0 Å². The highest BCUT2D eigenvalue weighted by Crippen LogP contribution is 2.21. The molecule has 0 spiro atoms. The van der Waals surface area contributed by atoms with Crippen LogP contribution in [-0.2, 0) is 4.79 Å². The average Bonchev–Trinajstić information content (AvgIpc) is 2.97. The highest BCUT2D eigenvalue weighted by molar-refractivity contribution is 5.95. The van der Waals surface area contributed by atoms with Crippen LogP contribution in [0.2, 0.25) is 0 Å². The normalized spacial score (nSPS) is 19.5. The van der Waals surface area contributed by atoms with Crippen molar-refractivity contribution in [1.82, 2.24) is 9.47 Å². The minimum atomic E-state index is -0.913. The number of carbonyl (C=O) groups excluding carboxylic acids is 1. The molecule has 1 fully saturated rings. The molecule has 1 saturated heterocycles. The molecule has 0 saturated carbocycles. The number of rotatable bonds is 3. The van der Waals surface area contributed by atoms with Crippen LogP contribution in [-0.4, -0.2) is 39.0 Å². The second kappa shape index (κ2) is 4.84. The molecule has 1 aromatic heterocycles. The lowest BCUT2D eigenvalue weighted by Crippen LogP contribution is -2.41. The van der Waals surface area contributed by atoms with E-state index < -0.39 is 12.0 Å². The van der Waals surface area contributed by atoms with E-state index in [1.807, 2.05) is 30.7 Å². The molecule has 2 heterocycles. The van der Waals surface area contributed by atoms with Crippen molar-refractivity contribution < 1.29 is 14.7 Å². The van der Waals surface area contributed by atoms with Crippen LogP contribution < -0.4 is 0 Å². The van der Waals surface area contributed by atoms with E-state index in [1.165, 1.54) is 4.90 Å². The van der Waals surface area contributed by atoms with Crippen molar-refractivity contribution in [2.24, 2.45) is 0 Å². The smallest absolute Gasteiger partial charge is 0.326 e. The fraction of sp³-hybridized carbons (Fsp3) is 0.538. The van der Waals surface area contributed by atoms with E-state index in [2.05, 4.69) is 0 Å². The van der Waals surface area contributed by atoms with Crippen molar-refractivity contribution >= 4 is 11.9 Å². The minimum absolute atomic E-state index is 0.182. The molecule has 0 radical (unpaired) electrons. The van der Waals surface area contributed by atoms with Gasteiger partial charge in [0, 0.05) is 18.8 Å². The number of aromatic nitrogens is 1. The first kappa shape index (κ1) is 12.7. The molecule has 5 heteroatoms. The van der Waals surface area contributed by atoms with Crippen LogP contribution in [0, 0.1) is 0 Å². The third kappa shape index (κ3) is 2.12. The molecule has 1 aliphatic heterocycles. The Morgan fingerprint density at radius 1 is 1.44 bits per heavy atom. The lowest BCUT2D eigenvalue weighted by atomic mass is 10.2. The van der Waals surface area contributed by atoms with E-state index in [0.29, 0.717) is 18.7 Å². The largest absolute Gasteiger partial charge is 0.480 e. The van der Waals surface area contributed by atoms with Crippen LogP contribution in [0.25, 0.3) is 0 Å². The summed E-state index contributed by atoms with van der Waals surface area (Å²) in [6.07, 6.45) is 3.15. The summed E-state index contributed by atoms with van der Waals surface area (Å²) in [7, 11) is 0. The summed E-state index contributed by atoms with van der Waals surface area (Å²) in [6.45, 7) is 4.52. The van der Waals surface area contributed by atoms with E-state index in [0.717, 1.165) is 6.42 Å². The summed E-state index contributed by atoms with van der Waals surface area (Å²) >= 11 is 0. The van der Waals surface area contributed by atoms with Crippen LogP contribution in [0.1, 0.15) is 43.2 Å². The molecule has 5 nitrogen and oxygen atoms in total. The van der Waals surface area contributed by atoms with Gasteiger partial charge in [-0.25, -0.2) is 4.79 Å². The maximum atomic E-state index is 12.4. The van der Waals surface area contributed by atoms with Crippen molar-refractivity contribution in [3.8, 4) is 0 Å². The molecule has 1 aromatic rings. The van der Waals surface area contributed by atoms with Crippen LogP contribution in [0.15, 0.2) is 18.3 Å². The van der Waals surface area contributed by atoms with Crippen molar-refractivity contribution in [2.75, 3.05) is 6.54 Å². The Kier molecular flexibility index (Phi) is 3.41. The molecular formula is C13H18N2O3. The Bertz CT molecular complexity index is 465. The number of aliphatic carboxylic acids is 1. The Morgan fingerprint density at radius 3 is 2.78 bits per heavy atom. The van der Waals surface area contributed by atoms with Gasteiger partial charge in [-0.05, 0) is 38.8 Å². The number of carboxylic acids is 1. The number of hydrogen-bond donors (Lipinski definition) is 1. The molecule has 1 aliphatic rings. The number of carbonyl (C=O) groups is 2. The molecular weight excluding hydrogens is 232 g/mol. The first-order chi connectivity index (χ1) is 8.52. The summed E-state index contributed by atoms with van der Waals surface area (Å²) in [6, 6.07) is 3.08. The standard InChI is InChI=1S/C13H18N2O3/c1-9(2)14-7-3-5-10(14)12(16)15-8-4-6-11(15)13(17)18/h3,5,7,9,11H,4,6,8H2,1-2H3,(H,17,18). The van der Waals surface area contributed by atoms with Gasteiger partial charge in [0.15, 0.2) is 0 Å². The summed E-state index contributed by atoms with van der Waals surface area (Å²) in [5.74, 6) is -1.10. The molecule has 18 heavy (non-hydrogen) atoms. The first-order valence-electron chi connectivity index (χ1n) is 6.23. The summed E-state index contributed by atoms with van der Waals surface area (Å²) in [5, 5.41) is 9.11. The monoisotopic (exact) mass is 250 g/mol. The van der Waals surface area contributed by atoms with Gasteiger partial charge in [-0.2, -0.15) is 0 Å². The molecule has 2 rings (SSSR count). The van der Waals surface area contributed by atoms with Crippen molar-refractivity contribution in [1.29, 1.82) is 0 Å². The lowest BCUT2D eigenvalue weighted by Gasteiger charge is -2.23. The van der Waals surface area contributed by atoms with Gasteiger partial charge in [-0.1, -0.05) is 0 Å². The second-order valence-electron chi connectivity index (χ2n) is 4.89. The van der Waals surface area contributed by atoms with Crippen LogP contribution in [0.5, 0.6) is 0 Å². The zero-order valence-electron chi connectivity index (χ0n) is 10.7. The molecule has 0 aromatic carbocycles. The van der Waals surface area contributed by atoms with Crippen LogP contribution in [0.4, 0.5) is 0 Å². The number of nitrogens with zero attached hydrogens (tertiary/aromatic N) is 2. The summed E-state index contributed by atoms with van der Waals surface area (Å²) < 4.78 is 1.87. The van der Waals surface area contributed by atoms with Crippen molar-refractivity contribution in [3.05, 3.63) is 24.0 Å². The van der Waals surface area contributed by atoms with Gasteiger partial charge in [-0.15, -0.1) is 0 Å². The van der Waals surface area contributed by atoms with E-state index in [1.54, 1.807) is 6.07 Å². The Balaban J connectivity index is 2.25. The van der Waals surface area contributed by atoms with Gasteiger partial charge < -0.3 is 14.6 Å². The SMILES string of the molecule is CC(C)n1cccc1C(=O)N1CCCC1C(=O)O. The maximum Gasteiger partial charge on any atom is 0.326 e. The third-order valence-corrected chi connectivity index (χ3v) is 3.35. The highest BCUT2D eigenvalue weighted by atomic mass is 16.4. The van der Waals surface area contributed by atoms with Gasteiger partial charge in [-0.3, -0.25) is 4.79 Å². The fourth-order valence-corrected chi connectivity index (χ4v) is 2.44. The number of carboxylic acid groups (broad SMARTS) is 1. The molecule has 0 aliphatic carbocycles. The van der Waals surface area contributed by atoms with Gasteiger partial charge in [0.25, 0.3) is 5.91 Å². The van der Waals surface area contributed by atoms with Gasteiger partial charge in [0.1, 0.15) is 11.7 Å². The molecule has 0 bridgehead atoms. The maximum absolute atomic E-state index is 12.4. The number of likely N-dealkylation sites (tertiary alicyclic amines) is 1. The predicted octanol–water partition coefficient (Wildman–Crippen LogP) is 1.76. The minimum Gasteiger partial charge on any atom is -0.480 e. The molecule has 1 N–H and O–H groups in total. The van der Waals surface area contributed by atoms with Crippen molar-refractivity contribution in [2.45, 2.75) is 38.8 Å². The topological polar surface area (TPSA) is 62.5 Å².